The van der Waals surface area contributed by atoms with Crippen LogP contribution in [-0.2, 0) is 11.3 Å². The minimum absolute atomic E-state index is 0.0251. The third-order valence-electron chi connectivity index (χ3n) is 1.62. The Bertz CT molecular complexity index is 412. The van der Waals surface area contributed by atoms with Crippen LogP contribution in [0.2, 0.25) is 0 Å². The molecule has 0 aliphatic heterocycles. The molecule has 72 valence electrons. The van der Waals surface area contributed by atoms with Crippen molar-refractivity contribution in [3.8, 4) is 0 Å². The molecule has 0 heterocycles. The Morgan fingerprint density at radius 2 is 2.00 bits per heavy atom. The number of carbonyl (C=O) groups is 1. The predicted octanol–water partition coefficient (Wildman–Crippen LogP) is 1.61. The number of benzene rings is 1. The molecule has 1 aromatic carbocycles. The Morgan fingerprint density at radius 1 is 1.36 bits per heavy atom. The van der Waals surface area contributed by atoms with Crippen molar-refractivity contribution in [2.24, 2.45) is 4.99 Å². The molecule has 1 rings (SSSR count). The number of halogens is 2. The summed E-state index contributed by atoms with van der Waals surface area (Å²) in [6.07, 6.45) is 1.62. The Hall–Kier alpha value is -1.87. The highest BCUT2D eigenvalue weighted by atomic mass is 19.2. The fourth-order valence-electron chi connectivity index (χ4n) is 0.967. The summed E-state index contributed by atoms with van der Waals surface area (Å²) in [7, 11) is 0. The van der Waals surface area contributed by atoms with Gasteiger partial charge in [-0.2, -0.15) is 0 Å². The van der Waals surface area contributed by atoms with Crippen LogP contribution in [0.5, 0.6) is 0 Å². The van der Waals surface area contributed by atoms with Crippen LogP contribution < -0.4 is 0 Å². The van der Waals surface area contributed by atoms with E-state index in [9.17, 15) is 18.4 Å². The van der Waals surface area contributed by atoms with E-state index in [1.54, 1.807) is 0 Å². The SMILES string of the molecule is O=C=NCc1cc(F)c(F)cc1C=O. The third-order valence-corrected chi connectivity index (χ3v) is 1.62. The smallest absolute Gasteiger partial charge is 0.235 e. The van der Waals surface area contributed by atoms with Crippen LogP contribution in [0.1, 0.15) is 15.9 Å². The Balaban J connectivity index is 3.19. The van der Waals surface area contributed by atoms with Gasteiger partial charge in [0.25, 0.3) is 0 Å². The van der Waals surface area contributed by atoms with E-state index >= 15 is 0 Å². The van der Waals surface area contributed by atoms with Crippen LogP contribution >= 0.6 is 0 Å². The Morgan fingerprint density at radius 3 is 2.57 bits per heavy atom. The standard InChI is InChI=1S/C9H5F2NO2/c10-8-1-6(3-12-5-14)7(4-13)2-9(8)11/h1-2,4H,3H2. The van der Waals surface area contributed by atoms with Gasteiger partial charge in [0, 0.05) is 5.56 Å². The number of aldehydes is 1. The topological polar surface area (TPSA) is 46.5 Å². The molecule has 5 heteroatoms. The summed E-state index contributed by atoms with van der Waals surface area (Å²) >= 11 is 0. The van der Waals surface area contributed by atoms with Crippen LogP contribution in [0, 0.1) is 11.6 Å². The second-order valence-corrected chi connectivity index (χ2v) is 2.49. The maximum atomic E-state index is 12.7. The summed E-state index contributed by atoms with van der Waals surface area (Å²) in [5.41, 5.74) is 0.130. The first-order valence-electron chi connectivity index (χ1n) is 3.65. The van der Waals surface area contributed by atoms with E-state index in [2.05, 4.69) is 4.99 Å². The summed E-state index contributed by atoms with van der Waals surface area (Å²) in [4.78, 5) is 23.4. The van der Waals surface area contributed by atoms with Gasteiger partial charge in [-0.05, 0) is 17.7 Å². The van der Waals surface area contributed by atoms with Crippen LogP contribution in [0.25, 0.3) is 0 Å². The lowest BCUT2D eigenvalue weighted by molar-refractivity contribution is 0.112. The van der Waals surface area contributed by atoms with Gasteiger partial charge in [-0.3, -0.25) is 4.79 Å². The number of aliphatic imine (C=N–C) groups is 1. The van der Waals surface area contributed by atoms with Crippen LogP contribution in [0.3, 0.4) is 0 Å². The summed E-state index contributed by atoms with van der Waals surface area (Å²) in [5.74, 6) is -2.18. The molecule has 0 radical (unpaired) electrons. The number of rotatable bonds is 3. The van der Waals surface area contributed by atoms with Gasteiger partial charge in [0.05, 0.1) is 6.54 Å². The lowest BCUT2D eigenvalue weighted by Gasteiger charge is -2.01. The van der Waals surface area contributed by atoms with Crippen molar-refractivity contribution >= 4 is 12.4 Å². The first kappa shape index (κ1) is 10.2. The molecule has 14 heavy (non-hydrogen) atoms. The second-order valence-electron chi connectivity index (χ2n) is 2.49. The van der Waals surface area contributed by atoms with Crippen LogP contribution in [0.4, 0.5) is 8.78 Å². The lowest BCUT2D eigenvalue weighted by atomic mass is 10.1. The fourth-order valence-corrected chi connectivity index (χ4v) is 0.967. The number of hydrogen-bond acceptors (Lipinski definition) is 3. The average molecular weight is 197 g/mol. The third kappa shape index (κ3) is 2.08. The average Bonchev–Trinajstić information content (AvgIpc) is 2.19. The first-order chi connectivity index (χ1) is 6.69. The molecule has 0 bridgehead atoms. The molecule has 0 aliphatic rings. The zero-order valence-electron chi connectivity index (χ0n) is 6.96. The maximum absolute atomic E-state index is 12.7. The zero-order valence-corrected chi connectivity index (χ0v) is 6.96. The molecule has 0 amide bonds. The van der Waals surface area contributed by atoms with Gasteiger partial charge in [0.1, 0.15) is 0 Å². The van der Waals surface area contributed by atoms with Gasteiger partial charge in [-0.1, -0.05) is 0 Å². The second kappa shape index (κ2) is 4.39. The quantitative estimate of drug-likeness (QED) is 0.420. The minimum Gasteiger partial charge on any atom is -0.298 e. The predicted molar refractivity (Wildman–Crippen MR) is 43.6 cm³/mol. The van der Waals surface area contributed by atoms with Gasteiger partial charge in [0.15, 0.2) is 17.9 Å². The molecule has 0 atom stereocenters. The molecule has 0 spiro atoms. The van der Waals surface area contributed by atoms with E-state index in [-0.39, 0.29) is 17.7 Å². The Labute approximate surface area is 78.1 Å². The van der Waals surface area contributed by atoms with Gasteiger partial charge < -0.3 is 0 Å². The summed E-state index contributed by atoms with van der Waals surface area (Å²) in [6.45, 7) is -0.186. The molecule has 0 unspecified atom stereocenters. The normalized spacial score (nSPS) is 9.29. The molecule has 0 aliphatic carbocycles. The van der Waals surface area contributed by atoms with E-state index in [1.165, 1.54) is 6.08 Å². The van der Waals surface area contributed by atoms with Gasteiger partial charge in [-0.25, -0.2) is 18.6 Å². The largest absolute Gasteiger partial charge is 0.298 e. The van der Waals surface area contributed by atoms with Crippen molar-refractivity contribution in [1.29, 1.82) is 0 Å². The van der Waals surface area contributed by atoms with E-state index in [0.717, 1.165) is 12.1 Å². The lowest BCUT2D eigenvalue weighted by Crippen LogP contribution is -1.96. The van der Waals surface area contributed by atoms with Crippen LogP contribution in [-0.4, -0.2) is 12.4 Å². The molecule has 0 saturated carbocycles. The number of carbonyl (C=O) groups excluding carboxylic acids is 2. The summed E-state index contributed by atoms with van der Waals surface area (Å²) in [6, 6.07) is 1.60. The highest BCUT2D eigenvalue weighted by molar-refractivity contribution is 5.77. The molecule has 0 N–H and O–H groups in total. The monoisotopic (exact) mass is 197 g/mol. The molecule has 0 fully saturated rings. The van der Waals surface area contributed by atoms with Crippen molar-refractivity contribution in [1.82, 2.24) is 0 Å². The van der Waals surface area contributed by atoms with E-state index in [0.29, 0.717) is 6.29 Å². The molecule has 1 aromatic rings. The number of nitrogens with zero attached hydrogens (tertiary/aromatic N) is 1. The zero-order chi connectivity index (χ0) is 10.6. The van der Waals surface area contributed by atoms with Crippen molar-refractivity contribution in [3.63, 3.8) is 0 Å². The van der Waals surface area contributed by atoms with Gasteiger partial charge in [0.2, 0.25) is 6.08 Å². The summed E-state index contributed by atoms with van der Waals surface area (Å²) in [5, 5.41) is 0. The molecule has 0 aromatic heterocycles. The van der Waals surface area contributed by atoms with Crippen molar-refractivity contribution in [3.05, 3.63) is 34.9 Å². The van der Waals surface area contributed by atoms with Gasteiger partial charge >= 0.3 is 0 Å². The summed E-state index contributed by atoms with van der Waals surface area (Å²) < 4.78 is 25.3. The number of isocyanates is 1. The van der Waals surface area contributed by atoms with Crippen molar-refractivity contribution < 1.29 is 18.4 Å². The number of hydrogen-bond donors (Lipinski definition) is 0. The van der Waals surface area contributed by atoms with E-state index in [4.69, 9.17) is 0 Å². The fraction of sp³-hybridized carbons (Fsp3) is 0.111. The minimum atomic E-state index is -1.11. The molecule has 3 nitrogen and oxygen atoms in total. The molecule has 0 saturated heterocycles. The Kier molecular flexibility index (Phi) is 3.20. The van der Waals surface area contributed by atoms with Crippen LogP contribution in [0.15, 0.2) is 17.1 Å². The van der Waals surface area contributed by atoms with Crippen molar-refractivity contribution in [2.75, 3.05) is 0 Å². The van der Waals surface area contributed by atoms with E-state index in [1.807, 2.05) is 0 Å². The van der Waals surface area contributed by atoms with Gasteiger partial charge in [-0.15, -0.1) is 0 Å². The maximum Gasteiger partial charge on any atom is 0.235 e. The highest BCUT2D eigenvalue weighted by Gasteiger charge is 2.08. The molecular formula is C9H5F2NO2. The molecular weight excluding hydrogens is 192 g/mol. The van der Waals surface area contributed by atoms with Crippen molar-refractivity contribution in [2.45, 2.75) is 6.54 Å². The highest BCUT2D eigenvalue weighted by Crippen LogP contribution is 2.14. The first-order valence-corrected chi connectivity index (χ1v) is 3.65. The van der Waals surface area contributed by atoms with E-state index < -0.39 is 11.6 Å².